The van der Waals surface area contributed by atoms with Crippen LogP contribution in [-0.4, -0.2) is 92.3 Å². The summed E-state index contributed by atoms with van der Waals surface area (Å²) in [7, 11) is 0. The number of aryl methyl sites for hydroxylation is 1. The van der Waals surface area contributed by atoms with Crippen LogP contribution in [0.5, 0.6) is 0 Å². The van der Waals surface area contributed by atoms with Gasteiger partial charge in [-0.1, -0.05) is 0 Å². The average molecular weight is 506 g/mol. The minimum absolute atomic E-state index is 0.0951. The smallest absolute Gasteiger partial charge is 0.411 e. The summed E-state index contributed by atoms with van der Waals surface area (Å²) in [6.45, 7) is 13.7. The van der Waals surface area contributed by atoms with E-state index >= 15 is 0 Å². The number of imidazole rings is 1. The molecule has 0 saturated carbocycles. The average Bonchev–Trinajstić information content (AvgIpc) is 3.30. The number of piperidine rings is 1. The molecule has 3 amide bonds. The molecule has 10 nitrogen and oxygen atoms in total. The zero-order valence-corrected chi connectivity index (χ0v) is 22.7. The predicted molar refractivity (Wildman–Crippen MR) is 135 cm³/mol. The second-order valence-electron chi connectivity index (χ2n) is 11.8. The van der Waals surface area contributed by atoms with E-state index < -0.39 is 29.4 Å². The molecule has 0 aliphatic carbocycles. The molecule has 0 spiro atoms. The minimum atomic E-state index is -0.793. The van der Waals surface area contributed by atoms with Crippen LogP contribution in [0, 0.1) is 5.92 Å². The fourth-order valence-corrected chi connectivity index (χ4v) is 4.66. The van der Waals surface area contributed by atoms with E-state index in [0.717, 1.165) is 32.2 Å². The lowest BCUT2D eigenvalue weighted by molar-refractivity contribution is -0.140. The van der Waals surface area contributed by atoms with Crippen molar-refractivity contribution < 1.29 is 23.9 Å². The van der Waals surface area contributed by atoms with Crippen LogP contribution < -0.4 is 0 Å². The Morgan fingerprint density at radius 1 is 0.889 bits per heavy atom. The normalized spacial score (nSPS) is 19.8. The molecule has 2 saturated heterocycles. The van der Waals surface area contributed by atoms with Gasteiger partial charge in [-0.3, -0.25) is 9.69 Å². The Hall–Kier alpha value is -2.78. The molecule has 2 fully saturated rings. The largest absolute Gasteiger partial charge is 0.444 e. The predicted octanol–water partition coefficient (Wildman–Crippen LogP) is 3.76. The van der Waals surface area contributed by atoms with Crippen molar-refractivity contribution in [1.82, 2.24) is 24.3 Å². The molecule has 0 aromatic carbocycles. The highest BCUT2D eigenvalue weighted by Gasteiger charge is 2.42. The fraction of sp³-hybridized carbons (Fsp3) is 0.769. The lowest BCUT2D eigenvalue weighted by Crippen LogP contribution is -2.63. The number of nitrogens with zero attached hydrogens (tertiary/aromatic N) is 5. The van der Waals surface area contributed by atoms with Gasteiger partial charge in [0.25, 0.3) is 0 Å². The summed E-state index contributed by atoms with van der Waals surface area (Å²) in [5, 5.41) is 0. The Kier molecular flexibility index (Phi) is 8.89. The number of ether oxygens (including phenoxy) is 2. The Balaban J connectivity index is 1.61. The van der Waals surface area contributed by atoms with Gasteiger partial charge in [-0.15, -0.1) is 0 Å². The van der Waals surface area contributed by atoms with Crippen molar-refractivity contribution in [2.45, 2.75) is 91.0 Å². The van der Waals surface area contributed by atoms with E-state index in [9.17, 15) is 14.4 Å². The first-order chi connectivity index (χ1) is 16.8. The van der Waals surface area contributed by atoms with Gasteiger partial charge >= 0.3 is 12.2 Å². The summed E-state index contributed by atoms with van der Waals surface area (Å²) in [6, 6.07) is -0.793. The van der Waals surface area contributed by atoms with Crippen molar-refractivity contribution in [3.8, 4) is 0 Å². The quantitative estimate of drug-likeness (QED) is 0.605. The van der Waals surface area contributed by atoms with Gasteiger partial charge in [0.05, 0.1) is 12.9 Å². The Labute approximate surface area is 214 Å². The molecule has 36 heavy (non-hydrogen) atoms. The lowest BCUT2D eigenvalue weighted by Gasteiger charge is -2.43. The number of amides is 3. The summed E-state index contributed by atoms with van der Waals surface area (Å²) >= 11 is 0. The van der Waals surface area contributed by atoms with Crippen LogP contribution in [-0.2, 0) is 20.8 Å². The first kappa shape index (κ1) is 27.8. The number of hydrogen-bond donors (Lipinski definition) is 0. The first-order valence-corrected chi connectivity index (χ1v) is 13.0. The molecule has 0 radical (unpaired) electrons. The van der Waals surface area contributed by atoms with Gasteiger partial charge in [-0.05, 0) is 73.1 Å². The van der Waals surface area contributed by atoms with Gasteiger partial charge in [-0.2, -0.15) is 0 Å². The molecule has 202 valence electrons. The van der Waals surface area contributed by atoms with E-state index in [-0.39, 0.29) is 25.5 Å². The second kappa shape index (κ2) is 11.5. The third kappa shape index (κ3) is 8.13. The number of likely N-dealkylation sites (tertiary alicyclic amines) is 1. The monoisotopic (exact) mass is 505 g/mol. The third-order valence-electron chi connectivity index (χ3n) is 6.46. The zero-order chi connectivity index (χ0) is 26.5. The third-order valence-corrected chi connectivity index (χ3v) is 6.46. The van der Waals surface area contributed by atoms with Crippen LogP contribution in [0.3, 0.4) is 0 Å². The maximum absolute atomic E-state index is 13.7. The summed E-state index contributed by atoms with van der Waals surface area (Å²) < 4.78 is 13.2. The Morgan fingerprint density at radius 3 is 2.11 bits per heavy atom. The highest BCUT2D eigenvalue weighted by atomic mass is 16.6. The van der Waals surface area contributed by atoms with Crippen LogP contribution >= 0.6 is 0 Å². The molecule has 0 bridgehead atoms. The number of carbonyl (C=O) groups is 3. The van der Waals surface area contributed by atoms with Gasteiger partial charge in [0.15, 0.2) is 0 Å². The maximum Gasteiger partial charge on any atom is 0.411 e. The Morgan fingerprint density at radius 2 is 1.53 bits per heavy atom. The number of carbonyl (C=O) groups excluding carboxylic acids is 3. The van der Waals surface area contributed by atoms with Crippen molar-refractivity contribution in [2.75, 3.05) is 32.7 Å². The van der Waals surface area contributed by atoms with Gasteiger partial charge in [0, 0.05) is 45.1 Å². The highest BCUT2D eigenvalue weighted by molar-refractivity contribution is 5.87. The van der Waals surface area contributed by atoms with Gasteiger partial charge in [0.1, 0.15) is 17.2 Å². The van der Waals surface area contributed by atoms with E-state index in [0.29, 0.717) is 19.0 Å². The highest BCUT2D eigenvalue weighted by Crippen LogP contribution is 2.25. The second-order valence-corrected chi connectivity index (χ2v) is 11.8. The van der Waals surface area contributed by atoms with E-state index in [1.54, 1.807) is 27.0 Å². The van der Waals surface area contributed by atoms with Crippen molar-refractivity contribution in [3.05, 3.63) is 18.7 Å². The zero-order valence-electron chi connectivity index (χ0n) is 22.7. The molecule has 3 rings (SSSR count). The first-order valence-electron chi connectivity index (χ1n) is 13.0. The molecule has 3 heterocycles. The van der Waals surface area contributed by atoms with Crippen molar-refractivity contribution in [2.24, 2.45) is 5.92 Å². The molecule has 1 aromatic heterocycles. The van der Waals surface area contributed by atoms with Gasteiger partial charge in [-0.25, -0.2) is 14.6 Å². The molecule has 2 aliphatic heterocycles. The maximum atomic E-state index is 13.7. The fourth-order valence-electron chi connectivity index (χ4n) is 4.66. The Bertz CT molecular complexity index is 882. The number of hydrogen-bond acceptors (Lipinski definition) is 6. The summed E-state index contributed by atoms with van der Waals surface area (Å²) in [4.78, 5) is 48.3. The van der Waals surface area contributed by atoms with E-state index in [1.807, 2.05) is 38.2 Å². The van der Waals surface area contributed by atoms with Gasteiger partial charge < -0.3 is 23.8 Å². The SMILES string of the molecule is CC(C)(C)OC(=O)N1CCN(C(=O)OC(C)(C)C)C(C(=O)N2CCC(CCCn3ccnc3)CC2)C1. The van der Waals surface area contributed by atoms with Crippen LogP contribution in [0.25, 0.3) is 0 Å². The van der Waals surface area contributed by atoms with Crippen LogP contribution in [0.15, 0.2) is 18.7 Å². The number of rotatable bonds is 5. The topological polar surface area (TPSA) is 97.2 Å². The van der Waals surface area contributed by atoms with E-state index in [1.165, 1.54) is 9.80 Å². The molecule has 2 aliphatic rings. The molecule has 10 heteroatoms. The summed E-state index contributed by atoms with van der Waals surface area (Å²) in [6.07, 6.45) is 8.66. The van der Waals surface area contributed by atoms with Crippen molar-refractivity contribution in [3.63, 3.8) is 0 Å². The molecule has 0 N–H and O–H groups in total. The molecular weight excluding hydrogens is 462 g/mol. The molecular formula is C26H43N5O5. The molecule has 1 atom stereocenters. The molecule has 1 unspecified atom stereocenters. The number of piperazine rings is 1. The standard InChI is InChI=1S/C26H43N5O5/c1-25(2,3)35-23(33)30-16-17-31(24(34)36-26(4,5)6)21(18-30)22(32)29-13-9-20(10-14-29)8-7-12-28-15-11-27-19-28/h11,15,19-21H,7-10,12-14,16-18H2,1-6H3. The van der Waals surface area contributed by atoms with E-state index in [4.69, 9.17) is 9.47 Å². The van der Waals surface area contributed by atoms with Crippen molar-refractivity contribution in [1.29, 1.82) is 0 Å². The summed E-state index contributed by atoms with van der Waals surface area (Å²) in [5.41, 5.74) is -1.32. The van der Waals surface area contributed by atoms with Crippen LogP contribution in [0.4, 0.5) is 9.59 Å². The van der Waals surface area contributed by atoms with Crippen LogP contribution in [0.1, 0.15) is 67.2 Å². The van der Waals surface area contributed by atoms with Gasteiger partial charge in [0.2, 0.25) is 5.91 Å². The van der Waals surface area contributed by atoms with E-state index in [2.05, 4.69) is 9.55 Å². The number of aromatic nitrogens is 2. The minimum Gasteiger partial charge on any atom is -0.444 e. The molecule has 1 aromatic rings. The lowest BCUT2D eigenvalue weighted by atomic mass is 9.91. The van der Waals surface area contributed by atoms with Crippen molar-refractivity contribution >= 4 is 18.1 Å². The van der Waals surface area contributed by atoms with Crippen LogP contribution in [0.2, 0.25) is 0 Å². The summed E-state index contributed by atoms with van der Waals surface area (Å²) in [5.74, 6) is 0.440.